The second-order valence-corrected chi connectivity index (χ2v) is 15.2. The van der Waals surface area contributed by atoms with E-state index in [0.29, 0.717) is 51.7 Å². The van der Waals surface area contributed by atoms with Crippen LogP contribution in [0.5, 0.6) is 0 Å². The van der Waals surface area contributed by atoms with Crippen molar-refractivity contribution in [3.8, 4) is 0 Å². The molecule has 1 aromatic rings. The zero-order valence-corrected chi connectivity index (χ0v) is 27.3. The lowest BCUT2D eigenvalue weighted by Gasteiger charge is -2.66. The van der Waals surface area contributed by atoms with Crippen LogP contribution in [0.15, 0.2) is 41.2 Å². The lowest BCUT2D eigenvalue weighted by atomic mass is 9.41. The number of aromatic nitrogens is 1. The molecule has 10 heteroatoms. The summed E-state index contributed by atoms with van der Waals surface area (Å²) in [5.74, 6) is -0.118. The van der Waals surface area contributed by atoms with Gasteiger partial charge < -0.3 is 34.3 Å². The van der Waals surface area contributed by atoms with Gasteiger partial charge >= 0.3 is 5.97 Å². The van der Waals surface area contributed by atoms with Gasteiger partial charge in [-0.05, 0) is 93.2 Å². The minimum absolute atomic E-state index is 0.00364. The molecule has 10 nitrogen and oxygen atoms in total. The molecule has 0 amide bonds. The van der Waals surface area contributed by atoms with Crippen molar-refractivity contribution in [2.24, 2.45) is 33.6 Å². The van der Waals surface area contributed by atoms with Gasteiger partial charge in [-0.25, -0.2) is 4.79 Å². The maximum Gasteiger partial charge on any atom is 0.331 e. The number of pyridine rings is 1. The maximum absolute atomic E-state index is 12.8. The van der Waals surface area contributed by atoms with E-state index in [1.807, 2.05) is 31.5 Å². The molecule has 252 valence electrons. The highest BCUT2D eigenvalue weighted by atomic mass is 16.7. The van der Waals surface area contributed by atoms with E-state index in [1.54, 1.807) is 19.4 Å². The zero-order valence-electron chi connectivity index (χ0n) is 27.3. The van der Waals surface area contributed by atoms with Gasteiger partial charge in [0, 0.05) is 55.5 Å². The molecular weight excluding hydrogens is 588 g/mol. The van der Waals surface area contributed by atoms with Crippen molar-refractivity contribution in [2.75, 3.05) is 13.7 Å². The number of methoxy groups -OCH3 is 1. The van der Waals surface area contributed by atoms with Crippen LogP contribution in [0.3, 0.4) is 0 Å². The summed E-state index contributed by atoms with van der Waals surface area (Å²) >= 11 is 0. The van der Waals surface area contributed by atoms with Crippen LogP contribution in [0.2, 0.25) is 0 Å². The fraction of sp³-hybridized carbons (Fsp3) is 0.750. The van der Waals surface area contributed by atoms with Gasteiger partial charge in [-0.15, -0.1) is 0 Å². The van der Waals surface area contributed by atoms with Crippen LogP contribution in [0, 0.1) is 28.6 Å². The minimum atomic E-state index is -1.06. The van der Waals surface area contributed by atoms with E-state index in [1.165, 1.54) is 0 Å². The summed E-state index contributed by atoms with van der Waals surface area (Å²) in [4.78, 5) is 21.2. The first-order valence-corrected chi connectivity index (χ1v) is 17.3. The minimum Gasteiger partial charge on any atom is -0.458 e. The molecule has 0 aromatic carbocycles. The highest BCUT2D eigenvalue weighted by Crippen LogP contribution is 2.70. The Balaban J connectivity index is 1.17. The lowest BCUT2D eigenvalue weighted by molar-refractivity contribution is -0.284. The molecule has 0 spiro atoms. The van der Waals surface area contributed by atoms with E-state index in [0.717, 1.165) is 36.8 Å². The fourth-order valence-electron chi connectivity index (χ4n) is 10.8. The smallest absolute Gasteiger partial charge is 0.331 e. The molecule has 0 radical (unpaired) electrons. The first-order chi connectivity index (χ1) is 22.0. The summed E-state index contributed by atoms with van der Waals surface area (Å²) in [6.45, 7) is 4.84. The fourth-order valence-corrected chi connectivity index (χ4v) is 10.8. The molecule has 6 aliphatic rings. The lowest BCUT2D eigenvalue weighted by Crippen LogP contribution is -2.69. The first-order valence-electron chi connectivity index (χ1n) is 17.3. The number of nitrogens with zero attached hydrogens (tertiary/aromatic N) is 2. The Kier molecular flexibility index (Phi) is 8.46. The Morgan fingerprint density at radius 1 is 1.13 bits per heavy atom. The molecule has 4 aliphatic carbocycles. The highest BCUT2D eigenvalue weighted by molar-refractivity contribution is 5.85. The molecule has 3 N–H and O–H groups in total. The number of aliphatic hydroxyl groups is 3. The van der Waals surface area contributed by atoms with Gasteiger partial charge in [0.05, 0.1) is 36.1 Å². The van der Waals surface area contributed by atoms with Crippen molar-refractivity contribution >= 4 is 12.2 Å². The Hall–Kier alpha value is -2.21. The molecule has 3 heterocycles. The van der Waals surface area contributed by atoms with Crippen molar-refractivity contribution in [1.29, 1.82) is 0 Å². The van der Waals surface area contributed by atoms with E-state index in [4.69, 9.17) is 23.9 Å². The summed E-state index contributed by atoms with van der Waals surface area (Å²) in [5, 5.41) is 36.0. The maximum atomic E-state index is 12.8. The standard InChI is InChI=1S/C36H50N2O8/c1-22-32(40)29(43-3)16-31(45-22)46-25-6-11-34(21-38-19-23-5-4-14-37-18-23)27-7-10-33(2)26(24-15-30(39)44-20-24)9-13-36(33,42)28(27)8-12-35(34,41)17-25/h4-5,14-15,18,21-22,25-29,31-32,40-42H,6-13,16-17,19-20H2,1-3H3/t22-,25-,26+,27+,28-,29+,31+,32-,33-,34+,35+,36+/m1/s1. The number of aliphatic imine (C=N–C) groups is 1. The van der Waals surface area contributed by atoms with E-state index < -0.39 is 35.1 Å². The number of rotatable bonds is 7. The average Bonchev–Trinajstić information content (AvgIpc) is 3.58. The van der Waals surface area contributed by atoms with Crippen LogP contribution in [-0.2, 0) is 30.3 Å². The molecule has 7 rings (SSSR count). The number of aliphatic hydroxyl groups excluding tert-OH is 1. The van der Waals surface area contributed by atoms with Crippen molar-refractivity contribution in [3.05, 3.63) is 41.7 Å². The molecule has 12 atom stereocenters. The summed E-state index contributed by atoms with van der Waals surface area (Å²) in [7, 11) is 1.59. The largest absolute Gasteiger partial charge is 0.458 e. The van der Waals surface area contributed by atoms with Gasteiger partial charge in [0.2, 0.25) is 0 Å². The van der Waals surface area contributed by atoms with Crippen LogP contribution in [0.4, 0.5) is 0 Å². The number of hydrogen-bond acceptors (Lipinski definition) is 10. The van der Waals surface area contributed by atoms with E-state index in [9.17, 15) is 20.1 Å². The number of cyclic esters (lactones) is 1. The van der Waals surface area contributed by atoms with Gasteiger partial charge in [-0.3, -0.25) is 9.98 Å². The summed E-state index contributed by atoms with van der Waals surface area (Å²) < 4.78 is 23.4. The summed E-state index contributed by atoms with van der Waals surface area (Å²) in [5.41, 5.74) is -0.931. The van der Waals surface area contributed by atoms with Crippen LogP contribution in [0.1, 0.15) is 83.6 Å². The van der Waals surface area contributed by atoms with E-state index >= 15 is 0 Å². The monoisotopic (exact) mass is 638 g/mol. The predicted molar refractivity (Wildman–Crippen MR) is 169 cm³/mol. The number of esters is 1. The van der Waals surface area contributed by atoms with Crippen LogP contribution >= 0.6 is 0 Å². The third-order valence-corrected chi connectivity index (χ3v) is 13.2. The van der Waals surface area contributed by atoms with Crippen LogP contribution in [-0.4, -0.2) is 88.1 Å². The number of carbonyl (C=O) groups excluding carboxylic acids is 1. The van der Waals surface area contributed by atoms with Crippen molar-refractivity contribution in [3.63, 3.8) is 0 Å². The molecular formula is C36H50N2O8. The van der Waals surface area contributed by atoms with Crippen LogP contribution < -0.4 is 0 Å². The Morgan fingerprint density at radius 2 is 1.96 bits per heavy atom. The number of fused-ring (bicyclic) bond motifs is 5. The third-order valence-electron chi connectivity index (χ3n) is 13.2. The molecule has 1 saturated heterocycles. The average molecular weight is 639 g/mol. The topological polar surface area (TPSA) is 140 Å². The molecule has 2 aliphatic heterocycles. The molecule has 5 fully saturated rings. The molecule has 0 bridgehead atoms. The molecule has 1 aromatic heterocycles. The SMILES string of the molecule is CO[C@H]1C[C@H](O[C@@H]2CC[C@]3(C=NCc4cccnc4)[C@H]4CC[C@]5(C)[C@H](C6=CC(=O)OC6)CC[C@]5(O)[C@@H]4CC[C@]3(O)C2)O[C@H](C)[C@H]1O. The number of hydrogen-bond donors (Lipinski definition) is 3. The van der Waals surface area contributed by atoms with Crippen molar-refractivity contribution in [1.82, 2.24) is 4.98 Å². The summed E-state index contributed by atoms with van der Waals surface area (Å²) in [6, 6.07) is 3.92. The second kappa shape index (κ2) is 12.0. The first kappa shape index (κ1) is 32.3. The van der Waals surface area contributed by atoms with Gasteiger partial charge in [-0.1, -0.05) is 13.0 Å². The van der Waals surface area contributed by atoms with E-state index in [2.05, 4.69) is 11.9 Å². The normalized spacial score (nSPS) is 47.2. The molecule has 0 unspecified atom stereocenters. The summed E-state index contributed by atoms with van der Waals surface area (Å²) in [6.07, 6.45) is 11.8. The quantitative estimate of drug-likeness (QED) is 0.231. The van der Waals surface area contributed by atoms with Gasteiger partial charge in [0.15, 0.2) is 6.29 Å². The molecule has 4 saturated carbocycles. The predicted octanol–water partition coefficient (Wildman–Crippen LogP) is 3.90. The highest BCUT2D eigenvalue weighted by Gasteiger charge is 2.71. The zero-order chi connectivity index (χ0) is 32.3. The van der Waals surface area contributed by atoms with Gasteiger partial charge in [-0.2, -0.15) is 0 Å². The molecule has 46 heavy (non-hydrogen) atoms. The van der Waals surface area contributed by atoms with E-state index in [-0.39, 0.29) is 41.3 Å². The Bertz CT molecular complexity index is 1360. The second-order valence-electron chi connectivity index (χ2n) is 15.2. The van der Waals surface area contributed by atoms with Crippen molar-refractivity contribution in [2.45, 2.75) is 127 Å². The van der Waals surface area contributed by atoms with Crippen LogP contribution in [0.25, 0.3) is 0 Å². The van der Waals surface area contributed by atoms with Gasteiger partial charge in [0.25, 0.3) is 0 Å². The Labute approximate surface area is 271 Å². The number of carbonyl (C=O) groups is 1. The number of ether oxygens (including phenoxy) is 4. The van der Waals surface area contributed by atoms with Gasteiger partial charge in [0.1, 0.15) is 12.7 Å². The van der Waals surface area contributed by atoms with Crippen molar-refractivity contribution < 1.29 is 39.1 Å². The Morgan fingerprint density at radius 3 is 2.70 bits per heavy atom. The third kappa shape index (κ3) is 5.10.